The van der Waals surface area contributed by atoms with Crippen LogP contribution < -0.4 is 4.72 Å². The van der Waals surface area contributed by atoms with Gasteiger partial charge in [0, 0.05) is 12.0 Å². The normalized spacial score (nSPS) is 16.9. The van der Waals surface area contributed by atoms with Gasteiger partial charge in [0.05, 0.1) is 10.9 Å². The van der Waals surface area contributed by atoms with Crippen LogP contribution in [-0.4, -0.2) is 9.99 Å². The van der Waals surface area contributed by atoms with Crippen molar-refractivity contribution in [1.29, 1.82) is 0 Å². The Labute approximate surface area is 139 Å². The predicted octanol–water partition coefficient (Wildman–Crippen LogP) is 3.64. The molecule has 0 heterocycles. The molecule has 2 aromatic carbocycles. The molecule has 3 nitrogen and oxygen atoms in total. The van der Waals surface area contributed by atoms with E-state index in [1.165, 1.54) is 0 Å². The monoisotopic (exact) mass is 325 g/mol. The Morgan fingerprint density at radius 3 is 2.35 bits per heavy atom. The van der Waals surface area contributed by atoms with Crippen LogP contribution in [0.4, 0.5) is 0 Å². The quantitative estimate of drug-likeness (QED) is 0.912. The zero-order chi connectivity index (χ0) is 16.2. The van der Waals surface area contributed by atoms with Gasteiger partial charge in [0.2, 0.25) is 0 Å². The number of benzene rings is 2. The first-order valence-electron chi connectivity index (χ1n) is 7.68. The average molecular weight is 325 g/mol. The van der Waals surface area contributed by atoms with Crippen molar-refractivity contribution in [1.82, 2.24) is 4.72 Å². The van der Waals surface area contributed by atoms with E-state index in [1.54, 1.807) is 0 Å². The van der Waals surface area contributed by atoms with Crippen LogP contribution in [0.1, 0.15) is 30.0 Å². The third-order valence-electron chi connectivity index (χ3n) is 3.96. The molecule has 1 unspecified atom stereocenters. The van der Waals surface area contributed by atoms with Gasteiger partial charge >= 0.3 is 0 Å². The lowest BCUT2D eigenvalue weighted by Crippen LogP contribution is -2.27. The third-order valence-corrected chi connectivity index (χ3v) is 5.11. The highest BCUT2D eigenvalue weighted by Crippen LogP contribution is 2.29. The minimum atomic E-state index is -1.38. The number of ketones is 1. The lowest BCUT2D eigenvalue weighted by molar-refractivity contribution is -0.115. The molecule has 0 amide bonds. The van der Waals surface area contributed by atoms with Gasteiger partial charge in [-0.3, -0.25) is 4.79 Å². The summed E-state index contributed by atoms with van der Waals surface area (Å²) in [6.07, 6.45) is 3.26. The van der Waals surface area contributed by atoms with Crippen molar-refractivity contribution < 1.29 is 9.00 Å². The van der Waals surface area contributed by atoms with Gasteiger partial charge in [-0.25, -0.2) is 8.93 Å². The number of carbonyl (C=O) groups is 1. The van der Waals surface area contributed by atoms with Gasteiger partial charge in [-0.1, -0.05) is 54.1 Å². The number of Topliss-reactive ketones (excluding diaryl/α,β-unsaturated/α-hetero) is 1. The molecule has 0 aliphatic heterocycles. The number of hydrogen-bond donors (Lipinski definition) is 1. The molecule has 1 aliphatic rings. The summed E-state index contributed by atoms with van der Waals surface area (Å²) in [6, 6.07) is 16.9. The predicted molar refractivity (Wildman–Crippen MR) is 92.2 cm³/mol. The van der Waals surface area contributed by atoms with Crippen molar-refractivity contribution in [3.8, 4) is 0 Å². The van der Waals surface area contributed by atoms with Crippen LogP contribution in [-0.2, 0) is 15.8 Å². The summed E-state index contributed by atoms with van der Waals surface area (Å²) in [7, 11) is -1.38. The van der Waals surface area contributed by atoms with Gasteiger partial charge in [-0.05, 0) is 31.0 Å². The molecule has 0 fully saturated rings. The maximum absolute atomic E-state index is 12.7. The molecule has 0 saturated heterocycles. The van der Waals surface area contributed by atoms with Crippen LogP contribution in [0.5, 0.6) is 0 Å². The first-order chi connectivity index (χ1) is 11.1. The van der Waals surface area contributed by atoms with E-state index in [0.29, 0.717) is 11.3 Å². The van der Waals surface area contributed by atoms with Crippen LogP contribution in [0.15, 0.2) is 71.1 Å². The van der Waals surface area contributed by atoms with Crippen LogP contribution in [0.25, 0.3) is 0 Å². The Balaban J connectivity index is 1.88. The van der Waals surface area contributed by atoms with Crippen molar-refractivity contribution in [2.75, 3.05) is 0 Å². The van der Waals surface area contributed by atoms with E-state index >= 15 is 0 Å². The molecule has 0 bridgehead atoms. The molecule has 1 aliphatic carbocycles. The third kappa shape index (κ3) is 3.66. The van der Waals surface area contributed by atoms with E-state index in [4.69, 9.17) is 0 Å². The fourth-order valence-electron chi connectivity index (χ4n) is 2.69. The molecule has 0 saturated carbocycles. The molecule has 4 heteroatoms. The van der Waals surface area contributed by atoms with Crippen LogP contribution in [0.3, 0.4) is 0 Å². The van der Waals surface area contributed by atoms with Gasteiger partial charge in [-0.2, -0.15) is 0 Å². The van der Waals surface area contributed by atoms with Crippen LogP contribution in [0.2, 0.25) is 0 Å². The fraction of sp³-hybridized carbons (Fsp3) is 0.211. The summed E-state index contributed by atoms with van der Waals surface area (Å²) < 4.78 is 15.8. The van der Waals surface area contributed by atoms with Gasteiger partial charge in [0.15, 0.2) is 5.78 Å². The maximum atomic E-state index is 12.7. The second-order valence-corrected chi connectivity index (χ2v) is 6.91. The Hall–Kier alpha value is -2.04. The van der Waals surface area contributed by atoms with Crippen molar-refractivity contribution in [3.05, 3.63) is 77.4 Å². The van der Waals surface area contributed by atoms with E-state index in [1.807, 2.05) is 67.6 Å². The summed E-state index contributed by atoms with van der Waals surface area (Å²) in [4.78, 5) is 12.9. The van der Waals surface area contributed by atoms with Gasteiger partial charge in [0.25, 0.3) is 0 Å². The maximum Gasteiger partial charge on any atom is 0.160 e. The number of nitrogens with one attached hydrogen (secondary N) is 1. The molecular formula is C19H19NO2S. The van der Waals surface area contributed by atoms with Gasteiger partial charge in [-0.15, -0.1) is 0 Å². The Morgan fingerprint density at radius 1 is 1.04 bits per heavy atom. The summed E-state index contributed by atoms with van der Waals surface area (Å²) >= 11 is 0. The fourth-order valence-corrected chi connectivity index (χ4v) is 3.69. The topological polar surface area (TPSA) is 46.2 Å². The molecule has 0 spiro atoms. The Morgan fingerprint density at radius 2 is 1.74 bits per heavy atom. The number of allylic oxidation sites excluding steroid dienone is 1. The SMILES string of the molecule is Cc1ccc(S(=O)N[C@H](C2=CCCC2=O)c2ccccc2)cc1. The molecule has 2 aromatic rings. The van der Waals surface area contributed by atoms with E-state index in [0.717, 1.165) is 23.1 Å². The standard InChI is InChI=1S/C19H19NO2S/c1-14-10-12-16(13-11-14)23(22)20-19(15-6-3-2-4-7-15)17-8-5-9-18(17)21/h2-4,6-8,10-13,19-20H,5,9H2,1H3/t19-,23?/m0/s1. The van der Waals surface area contributed by atoms with Crippen molar-refractivity contribution in [3.63, 3.8) is 0 Å². The minimum absolute atomic E-state index is 0.132. The Bertz CT molecular complexity index is 751. The first kappa shape index (κ1) is 15.8. The Kier molecular flexibility index (Phi) is 4.84. The summed E-state index contributed by atoms with van der Waals surface area (Å²) in [5.41, 5.74) is 2.80. The highest BCUT2D eigenvalue weighted by Gasteiger charge is 2.27. The van der Waals surface area contributed by atoms with Crippen molar-refractivity contribution in [2.45, 2.75) is 30.7 Å². The van der Waals surface area contributed by atoms with Crippen LogP contribution >= 0.6 is 0 Å². The van der Waals surface area contributed by atoms with Gasteiger partial charge < -0.3 is 0 Å². The minimum Gasteiger partial charge on any atom is -0.294 e. The van der Waals surface area contributed by atoms with Crippen molar-refractivity contribution >= 4 is 16.8 Å². The molecule has 118 valence electrons. The molecule has 0 aromatic heterocycles. The second kappa shape index (κ2) is 7.02. The highest BCUT2D eigenvalue weighted by atomic mass is 32.2. The number of carbonyl (C=O) groups excluding carboxylic acids is 1. The lowest BCUT2D eigenvalue weighted by atomic mass is 9.98. The van der Waals surface area contributed by atoms with E-state index in [2.05, 4.69) is 4.72 Å². The number of hydrogen-bond acceptors (Lipinski definition) is 2. The summed E-state index contributed by atoms with van der Waals surface area (Å²) in [5.74, 6) is 0.132. The number of aryl methyl sites for hydroxylation is 1. The largest absolute Gasteiger partial charge is 0.294 e. The van der Waals surface area contributed by atoms with Crippen LogP contribution in [0, 0.1) is 6.92 Å². The second-order valence-electron chi connectivity index (χ2n) is 5.66. The molecule has 3 rings (SSSR count). The van der Waals surface area contributed by atoms with Gasteiger partial charge in [0.1, 0.15) is 11.0 Å². The molecule has 23 heavy (non-hydrogen) atoms. The first-order valence-corrected chi connectivity index (χ1v) is 8.83. The van der Waals surface area contributed by atoms with E-state index in [-0.39, 0.29) is 11.8 Å². The molecule has 1 N–H and O–H groups in total. The van der Waals surface area contributed by atoms with E-state index < -0.39 is 11.0 Å². The van der Waals surface area contributed by atoms with E-state index in [9.17, 15) is 9.00 Å². The molecule has 0 radical (unpaired) electrons. The molecule has 2 atom stereocenters. The highest BCUT2D eigenvalue weighted by molar-refractivity contribution is 7.83. The van der Waals surface area contributed by atoms with Crippen molar-refractivity contribution in [2.24, 2.45) is 0 Å². The summed E-state index contributed by atoms with van der Waals surface area (Å²) in [6.45, 7) is 1.99. The number of rotatable bonds is 5. The zero-order valence-electron chi connectivity index (χ0n) is 13.0. The zero-order valence-corrected chi connectivity index (χ0v) is 13.8. The lowest BCUT2D eigenvalue weighted by Gasteiger charge is -2.19. The molecular weight excluding hydrogens is 306 g/mol. The summed E-state index contributed by atoms with van der Waals surface area (Å²) in [5, 5.41) is 0. The smallest absolute Gasteiger partial charge is 0.160 e. The average Bonchev–Trinajstić information content (AvgIpc) is 2.99.